The monoisotopic (exact) mass is 370 g/mol. The molecule has 4 rings (SSSR count). The molecule has 27 heavy (non-hydrogen) atoms. The summed E-state index contributed by atoms with van der Waals surface area (Å²) in [7, 11) is 1.85. The number of aliphatic imine (C=N–C) groups is 1. The number of ether oxygens (including phenoxy) is 1. The van der Waals surface area contributed by atoms with Crippen LogP contribution in [0.15, 0.2) is 29.3 Å². The third-order valence-electron chi connectivity index (χ3n) is 6.16. The lowest BCUT2D eigenvalue weighted by Crippen LogP contribution is -2.41. The Kier molecular flexibility index (Phi) is 5.34. The van der Waals surface area contributed by atoms with E-state index in [1.807, 2.05) is 11.9 Å². The summed E-state index contributed by atoms with van der Waals surface area (Å²) in [5.41, 5.74) is 2.54. The van der Waals surface area contributed by atoms with Gasteiger partial charge in [-0.3, -0.25) is 9.79 Å². The summed E-state index contributed by atoms with van der Waals surface area (Å²) in [6.45, 7) is 5.43. The normalized spacial score (nSPS) is 26.3. The van der Waals surface area contributed by atoms with Crippen molar-refractivity contribution in [2.45, 2.75) is 38.6 Å². The number of hydrogen-bond acceptors (Lipinski definition) is 3. The van der Waals surface area contributed by atoms with Crippen molar-refractivity contribution in [1.29, 1.82) is 0 Å². The maximum Gasteiger partial charge on any atom is 0.226 e. The Morgan fingerprint density at radius 3 is 2.78 bits per heavy atom. The highest BCUT2D eigenvalue weighted by Crippen LogP contribution is 2.38. The Morgan fingerprint density at radius 2 is 2.07 bits per heavy atom. The van der Waals surface area contributed by atoms with E-state index < -0.39 is 0 Å². The van der Waals surface area contributed by atoms with Crippen molar-refractivity contribution in [1.82, 2.24) is 10.2 Å². The highest BCUT2D eigenvalue weighted by Gasteiger charge is 2.42. The third kappa shape index (κ3) is 3.95. The number of nitrogens with zero attached hydrogens (tertiary/aromatic N) is 3. The largest absolute Gasteiger partial charge is 0.381 e. The standard InChI is InChI=1S/C21H30N4O2/c1-22-20(24-12-9-21(15-24)10-13-27-16-21)23-14-17-5-7-18(8-6-17)25-11-3-2-4-19(25)26/h5-8H,2-4,9-16H2,1H3,(H,22,23). The summed E-state index contributed by atoms with van der Waals surface area (Å²) < 4.78 is 5.63. The van der Waals surface area contributed by atoms with Gasteiger partial charge in [-0.1, -0.05) is 12.1 Å². The van der Waals surface area contributed by atoms with Gasteiger partial charge >= 0.3 is 0 Å². The molecule has 1 N–H and O–H groups in total. The molecule has 3 saturated heterocycles. The molecule has 0 aliphatic carbocycles. The van der Waals surface area contributed by atoms with Gasteiger partial charge in [0.25, 0.3) is 0 Å². The number of carbonyl (C=O) groups is 1. The predicted octanol–water partition coefficient (Wildman–Crippen LogP) is 2.39. The summed E-state index contributed by atoms with van der Waals surface area (Å²) in [5.74, 6) is 1.21. The van der Waals surface area contributed by atoms with E-state index in [9.17, 15) is 4.79 Å². The van der Waals surface area contributed by atoms with E-state index in [4.69, 9.17) is 4.74 Å². The number of anilines is 1. The fourth-order valence-corrected chi connectivity index (χ4v) is 4.47. The second kappa shape index (κ2) is 7.89. The van der Waals surface area contributed by atoms with Gasteiger partial charge in [0.15, 0.2) is 5.96 Å². The number of amides is 1. The van der Waals surface area contributed by atoms with Crippen molar-refractivity contribution in [2.75, 3.05) is 44.8 Å². The van der Waals surface area contributed by atoms with Gasteiger partial charge in [0.1, 0.15) is 0 Å². The second-order valence-electron chi connectivity index (χ2n) is 8.04. The first-order valence-corrected chi connectivity index (χ1v) is 10.1. The number of benzene rings is 1. The number of carbonyl (C=O) groups excluding carboxylic acids is 1. The van der Waals surface area contributed by atoms with Gasteiger partial charge in [-0.2, -0.15) is 0 Å². The molecule has 3 heterocycles. The van der Waals surface area contributed by atoms with E-state index in [0.29, 0.717) is 11.8 Å². The Labute approximate surface area is 161 Å². The van der Waals surface area contributed by atoms with E-state index in [2.05, 4.69) is 39.5 Å². The molecule has 6 nitrogen and oxygen atoms in total. The summed E-state index contributed by atoms with van der Waals surface area (Å²) in [5, 5.41) is 3.50. The number of nitrogens with one attached hydrogen (secondary N) is 1. The van der Waals surface area contributed by atoms with Crippen LogP contribution in [-0.2, 0) is 16.1 Å². The van der Waals surface area contributed by atoms with Crippen molar-refractivity contribution in [3.05, 3.63) is 29.8 Å². The van der Waals surface area contributed by atoms with E-state index >= 15 is 0 Å². The topological polar surface area (TPSA) is 57.2 Å². The lowest BCUT2D eigenvalue weighted by atomic mass is 9.87. The van der Waals surface area contributed by atoms with Crippen LogP contribution in [0.1, 0.15) is 37.7 Å². The number of rotatable bonds is 3. The van der Waals surface area contributed by atoms with Crippen molar-refractivity contribution in [3.63, 3.8) is 0 Å². The van der Waals surface area contributed by atoms with Crippen LogP contribution in [0.25, 0.3) is 0 Å². The van der Waals surface area contributed by atoms with Crippen LogP contribution in [0.3, 0.4) is 0 Å². The molecule has 1 spiro atoms. The first-order valence-electron chi connectivity index (χ1n) is 10.1. The Bertz CT molecular complexity index is 695. The minimum absolute atomic E-state index is 0.242. The Balaban J connectivity index is 1.33. The summed E-state index contributed by atoms with van der Waals surface area (Å²) in [4.78, 5) is 20.8. The molecular weight excluding hydrogens is 340 g/mol. The van der Waals surface area contributed by atoms with Gasteiger partial charge in [-0.15, -0.1) is 0 Å². The fourth-order valence-electron chi connectivity index (χ4n) is 4.47. The zero-order chi connectivity index (χ0) is 18.7. The fraction of sp³-hybridized carbons (Fsp3) is 0.619. The van der Waals surface area contributed by atoms with Gasteiger partial charge in [-0.05, 0) is 43.4 Å². The van der Waals surface area contributed by atoms with Crippen molar-refractivity contribution >= 4 is 17.6 Å². The van der Waals surface area contributed by atoms with Crippen LogP contribution in [0.4, 0.5) is 5.69 Å². The Morgan fingerprint density at radius 1 is 1.22 bits per heavy atom. The second-order valence-corrected chi connectivity index (χ2v) is 8.04. The first kappa shape index (κ1) is 18.3. The molecule has 146 valence electrons. The summed E-state index contributed by atoms with van der Waals surface area (Å²) in [6, 6.07) is 8.33. The third-order valence-corrected chi connectivity index (χ3v) is 6.16. The highest BCUT2D eigenvalue weighted by molar-refractivity contribution is 5.93. The SMILES string of the molecule is CN=C(NCc1ccc(N2CCCCC2=O)cc1)N1CCC2(CCOC2)C1. The highest BCUT2D eigenvalue weighted by atomic mass is 16.5. The number of piperidine rings is 1. The van der Waals surface area contributed by atoms with Crippen molar-refractivity contribution < 1.29 is 9.53 Å². The number of guanidine groups is 1. The average Bonchev–Trinajstić information content (AvgIpc) is 3.33. The number of likely N-dealkylation sites (tertiary alicyclic amines) is 1. The average molecular weight is 370 g/mol. The molecule has 1 atom stereocenters. The van der Waals surface area contributed by atoms with E-state index in [1.54, 1.807) is 0 Å². The molecule has 3 fully saturated rings. The van der Waals surface area contributed by atoms with Crippen LogP contribution in [-0.4, -0.2) is 56.7 Å². The van der Waals surface area contributed by atoms with Crippen LogP contribution >= 0.6 is 0 Å². The molecule has 6 heteroatoms. The molecule has 3 aliphatic heterocycles. The molecular formula is C21H30N4O2. The van der Waals surface area contributed by atoms with Crippen LogP contribution < -0.4 is 10.2 Å². The van der Waals surface area contributed by atoms with Crippen LogP contribution in [0.5, 0.6) is 0 Å². The lowest BCUT2D eigenvalue weighted by Gasteiger charge is -2.27. The van der Waals surface area contributed by atoms with E-state index in [1.165, 1.54) is 12.0 Å². The molecule has 1 unspecified atom stereocenters. The van der Waals surface area contributed by atoms with Crippen LogP contribution in [0.2, 0.25) is 0 Å². The minimum Gasteiger partial charge on any atom is -0.381 e. The maximum absolute atomic E-state index is 12.1. The predicted molar refractivity (Wildman–Crippen MR) is 107 cm³/mol. The molecule has 0 aromatic heterocycles. The molecule has 0 radical (unpaired) electrons. The Hall–Kier alpha value is -2.08. The zero-order valence-electron chi connectivity index (χ0n) is 16.2. The zero-order valence-corrected chi connectivity index (χ0v) is 16.2. The van der Waals surface area contributed by atoms with Gasteiger partial charge in [0.05, 0.1) is 6.61 Å². The molecule has 1 amide bonds. The van der Waals surface area contributed by atoms with E-state index in [-0.39, 0.29) is 5.91 Å². The van der Waals surface area contributed by atoms with Gasteiger partial charge in [0.2, 0.25) is 5.91 Å². The number of hydrogen-bond donors (Lipinski definition) is 1. The van der Waals surface area contributed by atoms with Gasteiger partial charge in [0, 0.05) is 57.4 Å². The first-order chi connectivity index (χ1) is 13.2. The summed E-state index contributed by atoms with van der Waals surface area (Å²) in [6.07, 6.45) is 5.12. The molecule has 0 bridgehead atoms. The molecule has 1 aromatic carbocycles. The van der Waals surface area contributed by atoms with Gasteiger partial charge in [-0.25, -0.2) is 0 Å². The van der Waals surface area contributed by atoms with E-state index in [0.717, 1.165) is 70.3 Å². The molecule has 1 aromatic rings. The van der Waals surface area contributed by atoms with Gasteiger partial charge < -0.3 is 19.9 Å². The van der Waals surface area contributed by atoms with Crippen molar-refractivity contribution in [2.24, 2.45) is 10.4 Å². The van der Waals surface area contributed by atoms with Crippen molar-refractivity contribution in [3.8, 4) is 0 Å². The van der Waals surface area contributed by atoms with Crippen LogP contribution in [0, 0.1) is 5.41 Å². The minimum atomic E-state index is 0.242. The quantitative estimate of drug-likeness (QED) is 0.656. The smallest absolute Gasteiger partial charge is 0.226 e. The molecule has 0 saturated carbocycles. The summed E-state index contributed by atoms with van der Waals surface area (Å²) >= 11 is 0. The maximum atomic E-state index is 12.1. The molecule has 3 aliphatic rings. The lowest BCUT2D eigenvalue weighted by molar-refractivity contribution is -0.119.